The average molecular weight is 387 g/mol. The van der Waals surface area contributed by atoms with Gasteiger partial charge in [-0.25, -0.2) is 9.10 Å². The highest BCUT2D eigenvalue weighted by Crippen LogP contribution is 2.44. The van der Waals surface area contributed by atoms with Gasteiger partial charge in [-0.3, -0.25) is 0 Å². The van der Waals surface area contributed by atoms with Crippen molar-refractivity contribution in [2.75, 3.05) is 31.3 Å². The smallest absolute Gasteiger partial charge is 0.368 e. The average Bonchev–Trinajstić information content (AvgIpc) is 2.68. The number of nitrogens with zero attached hydrogens (tertiary/aromatic N) is 2. The Morgan fingerprint density at radius 1 is 1.40 bits per heavy atom. The van der Waals surface area contributed by atoms with E-state index in [0.717, 1.165) is 28.6 Å². The first-order chi connectivity index (χ1) is 11.6. The van der Waals surface area contributed by atoms with Crippen LogP contribution in [0.3, 0.4) is 0 Å². The molecule has 1 N–H and O–H groups in total. The van der Waals surface area contributed by atoms with E-state index in [9.17, 15) is 9.18 Å². The van der Waals surface area contributed by atoms with E-state index in [1.54, 1.807) is 11.9 Å². The summed E-state index contributed by atoms with van der Waals surface area (Å²) in [5, 5.41) is 8.63. The fraction of sp³-hybridized carbons (Fsp3) is 0.471. The van der Waals surface area contributed by atoms with Crippen LogP contribution in [0.4, 0.5) is 10.1 Å². The van der Waals surface area contributed by atoms with Gasteiger partial charge >= 0.3 is 5.97 Å². The number of rotatable bonds is 4. The van der Waals surface area contributed by atoms with Gasteiger partial charge in [0.15, 0.2) is 0 Å². The van der Waals surface area contributed by atoms with Crippen LogP contribution in [0.1, 0.15) is 20.8 Å². The molecule has 0 saturated carbocycles. The molecule has 1 aliphatic heterocycles. The van der Waals surface area contributed by atoms with Crippen molar-refractivity contribution in [3.8, 4) is 5.75 Å². The SMILES string of the molecule is CSc1cc2c(cc1O/C=C(\F)C(=O)O)SN(C)CCN2C(C)(C)C. The molecule has 0 aliphatic carbocycles. The van der Waals surface area contributed by atoms with Crippen molar-refractivity contribution in [1.82, 2.24) is 4.31 Å². The number of fused-ring (bicyclic) bond motifs is 1. The van der Waals surface area contributed by atoms with Crippen LogP contribution in [0.2, 0.25) is 0 Å². The summed E-state index contributed by atoms with van der Waals surface area (Å²) in [5.41, 5.74) is 1.05. The Labute approximate surface area is 156 Å². The van der Waals surface area contributed by atoms with Crippen LogP contribution in [-0.2, 0) is 4.79 Å². The Balaban J connectivity index is 2.49. The molecule has 138 valence electrons. The first-order valence-electron chi connectivity index (χ1n) is 7.78. The highest BCUT2D eigenvalue weighted by molar-refractivity contribution is 7.98. The number of anilines is 1. The van der Waals surface area contributed by atoms with Crippen molar-refractivity contribution in [3.63, 3.8) is 0 Å². The van der Waals surface area contributed by atoms with Crippen LogP contribution in [0, 0.1) is 0 Å². The number of likely N-dealkylation sites (N-methyl/N-ethyl adjacent to an activating group) is 1. The summed E-state index contributed by atoms with van der Waals surface area (Å²) in [5.74, 6) is -2.53. The van der Waals surface area contributed by atoms with Gasteiger partial charge in [0.1, 0.15) is 12.0 Å². The molecular formula is C17H23FN2O3S2. The predicted octanol–water partition coefficient (Wildman–Crippen LogP) is 4.24. The van der Waals surface area contributed by atoms with Crippen LogP contribution in [0.5, 0.6) is 5.75 Å². The van der Waals surface area contributed by atoms with Gasteiger partial charge in [-0.05, 0) is 58.2 Å². The normalized spacial score (nSPS) is 16.4. The summed E-state index contributed by atoms with van der Waals surface area (Å²) >= 11 is 3.07. The van der Waals surface area contributed by atoms with E-state index in [-0.39, 0.29) is 5.54 Å². The molecule has 1 aromatic rings. The lowest BCUT2D eigenvalue weighted by Gasteiger charge is -2.37. The fourth-order valence-electron chi connectivity index (χ4n) is 2.50. The van der Waals surface area contributed by atoms with Gasteiger partial charge in [-0.15, -0.1) is 11.8 Å². The lowest BCUT2D eigenvalue weighted by atomic mass is 10.0. The zero-order valence-corrected chi connectivity index (χ0v) is 16.6. The van der Waals surface area contributed by atoms with E-state index in [1.807, 2.05) is 25.4 Å². The van der Waals surface area contributed by atoms with Crippen LogP contribution in [0.15, 0.2) is 34.0 Å². The van der Waals surface area contributed by atoms with Gasteiger partial charge in [-0.1, -0.05) is 0 Å². The number of carboxylic acid groups (broad SMARTS) is 1. The second kappa shape index (κ2) is 7.88. The molecule has 1 heterocycles. The quantitative estimate of drug-likeness (QED) is 0.359. The minimum atomic E-state index is -1.64. The third-order valence-electron chi connectivity index (χ3n) is 3.73. The number of benzene rings is 1. The molecule has 0 bridgehead atoms. The van der Waals surface area contributed by atoms with E-state index in [1.165, 1.54) is 11.8 Å². The number of thioether (sulfide) groups is 1. The van der Waals surface area contributed by atoms with E-state index in [2.05, 4.69) is 30.0 Å². The van der Waals surface area contributed by atoms with E-state index >= 15 is 0 Å². The molecule has 0 spiro atoms. The van der Waals surface area contributed by atoms with Gasteiger partial charge < -0.3 is 14.7 Å². The molecule has 0 atom stereocenters. The van der Waals surface area contributed by atoms with Gasteiger partial charge in [0.2, 0.25) is 5.83 Å². The maximum Gasteiger partial charge on any atom is 0.368 e. The summed E-state index contributed by atoms with van der Waals surface area (Å²) in [7, 11) is 2.02. The topological polar surface area (TPSA) is 53.0 Å². The van der Waals surface area contributed by atoms with Crippen LogP contribution in [-0.4, -0.2) is 47.3 Å². The Morgan fingerprint density at radius 3 is 2.64 bits per heavy atom. The zero-order chi connectivity index (χ0) is 18.8. The molecule has 25 heavy (non-hydrogen) atoms. The monoisotopic (exact) mass is 386 g/mol. The van der Waals surface area contributed by atoms with Crippen molar-refractivity contribution in [2.45, 2.75) is 36.1 Å². The molecule has 0 aromatic heterocycles. The molecule has 0 radical (unpaired) electrons. The Bertz CT molecular complexity index is 689. The molecule has 8 heteroatoms. The van der Waals surface area contributed by atoms with E-state index < -0.39 is 11.8 Å². The molecular weight excluding hydrogens is 363 g/mol. The molecule has 1 aromatic carbocycles. The standard InChI is InChI=1S/C17H23FN2O3S2/c1-17(2,3)20-7-6-19(4)25-14-9-13(15(24-5)8-12(14)20)23-10-11(18)16(21)22/h8-10H,6-7H2,1-5H3,(H,21,22)/b11-10-. The Hall–Kier alpha value is -1.38. The van der Waals surface area contributed by atoms with Crippen molar-refractivity contribution in [3.05, 3.63) is 24.2 Å². The zero-order valence-electron chi connectivity index (χ0n) is 15.0. The minimum Gasteiger partial charge on any atom is -0.476 e. The molecule has 1 aliphatic rings. The van der Waals surface area contributed by atoms with Crippen molar-refractivity contribution >= 4 is 35.4 Å². The number of carboxylic acids is 1. The first-order valence-corrected chi connectivity index (χ1v) is 9.77. The van der Waals surface area contributed by atoms with Crippen LogP contribution >= 0.6 is 23.7 Å². The molecule has 0 amide bonds. The summed E-state index contributed by atoms with van der Waals surface area (Å²) in [4.78, 5) is 14.8. The molecule has 0 saturated heterocycles. The number of aliphatic carboxylic acids is 1. The summed E-state index contributed by atoms with van der Waals surface area (Å²) in [6.45, 7) is 8.29. The molecule has 2 rings (SSSR count). The summed E-state index contributed by atoms with van der Waals surface area (Å²) < 4.78 is 20.7. The van der Waals surface area contributed by atoms with Crippen LogP contribution in [0.25, 0.3) is 0 Å². The van der Waals surface area contributed by atoms with E-state index in [0.29, 0.717) is 12.0 Å². The molecule has 5 nitrogen and oxygen atoms in total. The van der Waals surface area contributed by atoms with E-state index in [4.69, 9.17) is 9.84 Å². The summed E-state index contributed by atoms with van der Waals surface area (Å²) in [6.07, 6.45) is 2.54. The lowest BCUT2D eigenvalue weighted by molar-refractivity contribution is -0.134. The van der Waals surface area contributed by atoms with Crippen molar-refractivity contribution < 1.29 is 19.0 Å². The maximum absolute atomic E-state index is 13.2. The highest BCUT2D eigenvalue weighted by Gasteiger charge is 2.28. The maximum atomic E-state index is 13.2. The number of hydrogen-bond acceptors (Lipinski definition) is 6. The van der Waals surface area contributed by atoms with Gasteiger partial charge in [0, 0.05) is 18.6 Å². The van der Waals surface area contributed by atoms with Gasteiger partial charge in [0.05, 0.1) is 15.5 Å². The lowest BCUT2D eigenvalue weighted by Crippen LogP contribution is -2.43. The number of carbonyl (C=O) groups is 1. The molecule has 0 unspecified atom stereocenters. The van der Waals surface area contributed by atoms with Crippen molar-refractivity contribution in [1.29, 1.82) is 0 Å². The minimum absolute atomic E-state index is 0.0478. The second-order valence-corrected chi connectivity index (χ2v) is 8.72. The Kier molecular flexibility index (Phi) is 6.29. The predicted molar refractivity (Wildman–Crippen MR) is 101 cm³/mol. The first kappa shape index (κ1) is 19.9. The third-order valence-corrected chi connectivity index (χ3v) is 5.51. The number of halogens is 1. The number of ether oxygens (including phenoxy) is 1. The Morgan fingerprint density at radius 2 is 2.08 bits per heavy atom. The number of hydrogen-bond donors (Lipinski definition) is 1. The van der Waals surface area contributed by atoms with Crippen molar-refractivity contribution in [2.24, 2.45) is 0 Å². The van der Waals surface area contributed by atoms with Crippen LogP contribution < -0.4 is 9.64 Å². The van der Waals surface area contributed by atoms with Gasteiger partial charge in [0.25, 0.3) is 0 Å². The van der Waals surface area contributed by atoms with Gasteiger partial charge in [-0.2, -0.15) is 4.39 Å². The second-order valence-electron chi connectivity index (χ2n) is 6.62. The fourth-order valence-corrected chi connectivity index (χ4v) is 3.97. The largest absolute Gasteiger partial charge is 0.476 e. The molecule has 0 fully saturated rings. The summed E-state index contributed by atoms with van der Waals surface area (Å²) in [6, 6.07) is 3.87. The third kappa shape index (κ3) is 4.83. The highest BCUT2D eigenvalue weighted by atomic mass is 32.2.